The number of aromatic hydroxyl groups is 1. The first-order chi connectivity index (χ1) is 10.6. The first kappa shape index (κ1) is 16.7. The second kappa shape index (κ2) is 8.10. The van der Waals surface area contributed by atoms with Gasteiger partial charge in [0.25, 0.3) is 0 Å². The van der Waals surface area contributed by atoms with Crippen LogP contribution in [0.1, 0.15) is 31.2 Å². The predicted octanol–water partition coefficient (Wildman–Crippen LogP) is 2.40. The summed E-state index contributed by atoms with van der Waals surface area (Å²) in [4.78, 5) is 11.0. The fourth-order valence-electron chi connectivity index (χ4n) is 2.77. The molecule has 0 saturated carbocycles. The molecule has 0 aliphatic carbocycles. The predicted molar refractivity (Wildman–Crippen MR) is 82.2 cm³/mol. The van der Waals surface area contributed by atoms with E-state index in [1.165, 1.54) is 7.11 Å². The van der Waals surface area contributed by atoms with Crippen LogP contribution in [0.15, 0.2) is 23.4 Å². The van der Waals surface area contributed by atoms with Crippen molar-refractivity contribution >= 4 is 0 Å². The SMILES string of the molecule is COc1ccc(CCC(CC2CC(O)CCO2)N=O)cc1O. The Bertz CT molecular complexity index is 493. The van der Waals surface area contributed by atoms with Gasteiger partial charge in [-0.2, -0.15) is 4.91 Å². The summed E-state index contributed by atoms with van der Waals surface area (Å²) < 4.78 is 10.6. The molecule has 2 rings (SSSR count). The van der Waals surface area contributed by atoms with Gasteiger partial charge in [-0.15, -0.1) is 0 Å². The monoisotopic (exact) mass is 309 g/mol. The third-order valence-electron chi connectivity index (χ3n) is 4.03. The molecule has 1 aromatic rings. The summed E-state index contributed by atoms with van der Waals surface area (Å²) in [6.07, 6.45) is 2.54. The molecule has 1 heterocycles. The number of phenols is 1. The molecule has 3 unspecified atom stereocenters. The van der Waals surface area contributed by atoms with Crippen LogP contribution in [0.2, 0.25) is 0 Å². The largest absolute Gasteiger partial charge is 0.504 e. The van der Waals surface area contributed by atoms with Gasteiger partial charge in [-0.1, -0.05) is 11.2 Å². The molecule has 0 bridgehead atoms. The van der Waals surface area contributed by atoms with Gasteiger partial charge in [0.15, 0.2) is 11.5 Å². The second-order valence-electron chi connectivity index (χ2n) is 5.71. The number of benzene rings is 1. The maximum absolute atomic E-state index is 11.0. The minimum Gasteiger partial charge on any atom is -0.504 e. The van der Waals surface area contributed by atoms with Crippen molar-refractivity contribution in [2.75, 3.05) is 13.7 Å². The summed E-state index contributed by atoms with van der Waals surface area (Å²) >= 11 is 0. The highest BCUT2D eigenvalue weighted by Gasteiger charge is 2.24. The van der Waals surface area contributed by atoms with Crippen molar-refractivity contribution in [1.82, 2.24) is 0 Å². The van der Waals surface area contributed by atoms with E-state index < -0.39 is 0 Å². The average Bonchev–Trinajstić information content (AvgIpc) is 2.51. The summed E-state index contributed by atoms with van der Waals surface area (Å²) in [7, 11) is 1.50. The number of aliphatic hydroxyl groups is 1. The van der Waals surface area contributed by atoms with E-state index in [4.69, 9.17) is 9.47 Å². The Hall–Kier alpha value is -1.66. The van der Waals surface area contributed by atoms with E-state index in [-0.39, 0.29) is 24.0 Å². The van der Waals surface area contributed by atoms with Gasteiger partial charge < -0.3 is 19.7 Å². The normalized spacial score (nSPS) is 23.0. The Morgan fingerprint density at radius 3 is 2.95 bits per heavy atom. The Kier molecular flexibility index (Phi) is 6.15. The molecule has 1 aliphatic rings. The first-order valence-corrected chi connectivity index (χ1v) is 7.60. The highest BCUT2D eigenvalue weighted by atomic mass is 16.5. The second-order valence-corrected chi connectivity index (χ2v) is 5.71. The number of phenolic OH excluding ortho intramolecular Hbond substituents is 1. The van der Waals surface area contributed by atoms with Crippen molar-refractivity contribution in [3.05, 3.63) is 28.7 Å². The van der Waals surface area contributed by atoms with Crippen LogP contribution in [0.3, 0.4) is 0 Å². The van der Waals surface area contributed by atoms with Gasteiger partial charge in [-0.3, -0.25) is 0 Å². The molecule has 0 spiro atoms. The van der Waals surface area contributed by atoms with Crippen molar-refractivity contribution in [2.24, 2.45) is 5.18 Å². The quantitative estimate of drug-likeness (QED) is 0.755. The molecule has 22 heavy (non-hydrogen) atoms. The smallest absolute Gasteiger partial charge is 0.160 e. The molecule has 1 saturated heterocycles. The molecule has 3 atom stereocenters. The van der Waals surface area contributed by atoms with Crippen LogP contribution in [0.5, 0.6) is 11.5 Å². The number of nitroso groups, excluding NO2 is 1. The van der Waals surface area contributed by atoms with Crippen LogP contribution in [-0.4, -0.2) is 42.2 Å². The lowest BCUT2D eigenvalue weighted by Gasteiger charge is -2.27. The maximum Gasteiger partial charge on any atom is 0.160 e. The van der Waals surface area contributed by atoms with E-state index in [1.807, 2.05) is 6.07 Å². The van der Waals surface area contributed by atoms with Crippen LogP contribution in [0.4, 0.5) is 0 Å². The van der Waals surface area contributed by atoms with E-state index in [0.29, 0.717) is 44.5 Å². The molecule has 0 radical (unpaired) electrons. The fourth-order valence-corrected chi connectivity index (χ4v) is 2.77. The Balaban J connectivity index is 1.85. The molecule has 0 amide bonds. The summed E-state index contributed by atoms with van der Waals surface area (Å²) in [5, 5.41) is 22.6. The number of aryl methyl sites for hydroxylation is 1. The molecule has 6 nitrogen and oxygen atoms in total. The molecule has 1 aliphatic heterocycles. The molecule has 2 N–H and O–H groups in total. The molecular formula is C16H23NO5. The number of nitrogens with zero attached hydrogens (tertiary/aromatic N) is 1. The standard InChI is InChI=1S/C16H23NO5/c1-21-16-5-3-11(8-15(16)19)2-4-12(17-20)9-14-10-13(18)6-7-22-14/h3,5,8,12-14,18-19H,2,4,6-7,9-10H2,1H3. The van der Waals surface area contributed by atoms with Crippen molar-refractivity contribution < 1.29 is 19.7 Å². The van der Waals surface area contributed by atoms with E-state index in [0.717, 1.165) is 5.56 Å². The number of ether oxygens (including phenoxy) is 2. The lowest BCUT2D eigenvalue weighted by atomic mass is 9.96. The van der Waals surface area contributed by atoms with E-state index in [9.17, 15) is 15.1 Å². The zero-order valence-electron chi connectivity index (χ0n) is 12.8. The van der Waals surface area contributed by atoms with Gasteiger partial charge in [0.1, 0.15) is 0 Å². The summed E-state index contributed by atoms with van der Waals surface area (Å²) in [6, 6.07) is 4.86. The average molecular weight is 309 g/mol. The van der Waals surface area contributed by atoms with Crippen molar-refractivity contribution in [3.8, 4) is 11.5 Å². The van der Waals surface area contributed by atoms with Crippen LogP contribution in [0.25, 0.3) is 0 Å². The zero-order valence-corrected chi connectivity index (χ0v) is 12.8. The van der Waals surface area contributed by atoms with Gasteiger partial charge in [0, 0.05) is 6.61 Å². The molecule has 1 aromatic carbocycles. The van der Waals surface area contributed by atoms with Gasteiger partial charge >= 0.3 is 0 Å². The maximum atomic E-state index is 11.0. The highest BCUT2D eigenvalue weighted by molar-refractivity contribution is 5.41. The molecule has 6 heteroatoms. The van der Waals surface area contributed by atoms with Gasteiger partial charge in [-0.25, -0.2) is 0 Å². The molecular weight excluding hydrogens is 286 g/mol. The highest BCUT2D eigenvalue weighted by Crippen LogP contribution is 2.27. The lowest BCUT2D eigenvalue weighted by molar-refractivity contribution is -0.0487. The Morgan fingerprint density at radius 1 is 1.50 bits per heavy atom. The Labute approximate surface area is 130 Å². The third-order valence-corrected chi connectivity index (χ3v) is 4.03. The summed E-state index contributed by atoms with van der Waals surface area (Å²) in [5.41, 5.74) is 0.927. The minimum atomic E-state index is -0.348. The van der Waals surface area contributed by atoms with E-state index in [2.05, 4.69) is 5.18 Å². The molecule has 0 aromatic heterocycles. The molecule has 1 fully saturated rings. The van der Waals surface area contributed by atoms with Gasteiger partial charge in [0.05, 0.1) is 25.4 Å². The van der Waals surface area contributed by atoms with Gasteiger partial charge in [-0.05, 0) is 49.8 Å². The van der Waals surface area contributed by atoms with Crippen molar-refractivity contribution in [2.45, 2.75) is 50.4 Å². The zero-order chi connectivity index (χ0) is 15.9. The number of hydrogen-bond acceptors (Lipinski definition) is 6. The number of hydrogen-bond donors (Lipinski definition) is 2. The Morgan fingerprint density at radius 2 is 2.32 bits per heavy atom. The first-order valence-electron chi connectivity index (χ1n) is 7.60. The van der Waals surface area contributed by atoms with Crippen LogP contribution < -0.4 is 4.74 Å². The number of aliphatic hydroxyl groups excluding tert-OH is 1. The lowest BCUT2D eigenvalue weighted by Crippen LogP contribution is -2.31. The van der Waals surface area contributed by atoms with Crippen LogP contribution in [0, 0.1) is 4.91 Å². The van der Waals surface area contributed by atoms with E-state index >= 15 is 0 Å². The van der Waals surface area contributed by atoms with Crippen molar-refractivity contribution in [3.63, 3.8) is 0 Å². The molecule has 122 valence electrons. The van der Waals surface area contributed by atoms with E-state index in [1.54, 1.807) is 12.1 Å². The summed E-state index contributed by atoms with van der Waals surface area (Å²) in [6.45, 7) is 0.532. The topological polar surface area (TPSA) is 88.4 Å². The van der Waals surface area contributed by atoms with Crippen LogP contribution in [-0.2, 0) is 11.2 Å². The summed E-state index contributed by atoms with van der Waals surface area (Å²) in [5.74, 6) is 0.521. The van der Waals surface area contributed by atoms with Gasteiger partial charge in [0.2, 0.25) is 0 Å². The number of rotatable bonds is 7. The minimum absolute atomic E-state index is 0.0920. The van der Waals surface area contributed by atoms with Crippen LogP contribution >= 0.6 is 0 Å². The third kappa shape index (κ3) is 4.68. The van der Waals surface area contributed by atoms with Crippen molar-refractivity contribution in [1.29, 1.82) is 0 Å². The number of methoxy groups -OCH3 is 1. The fraction of sp³-hybridized carbons (Fsp3) is 0.625.